The fraction of sp³-hybridized carbons (Fsp3) is 0.308. The predicted molar refractivity (Wildman–Crippen MR) is 138 cm³/mol. The molecule has 9 nitrogen and oxygen atoms in total. The first-order valence-corrected chi connectivity index (χ1v) is 12.2. The van der Waals surface area contributed by atoms with Crippen LogP contribution in [0.25, 0.3) is 22.4 Å². The summed E-state index contributed by atoms with van der Waals surface area (Å²) in [6.07, 6.45) is 2.74. The van der Waals surface area contributed by atoms with E-state index in [2.05, 4.69) is 25.4 Å². The van der Waals surface area contributed by atoms with Gasteiger partial charge < -0.3 is 19.7 Å². The molecule has 0 atom stereocenters. The Kier molecular flexibility index (Phi) is 7.02. The third-order valence-corrected chi connectivity index (χ3v) is 6.92. The number of benzene rings is 2. The number of fused-ring (bicyclic) bond motifs is 1. The van der Waals surface area contributed by atoms with Gasteiger partial charge in [0.05, 0.1) is 23.4 Å². The molecule has 0 saturated carbocycles. The number of piperidine rings is 1. The number of nitrogens with one attached hydrogen (secondary N) is 2. The fourth-order valence-electron chi connectivity index (χ4n) is 4.39. The highest BCUT2D eigenvalue weighted by atomic mass is 35.5. The second-order valence-corrected chi connectivity index (χ2v) is 9.17. The minimum atomic E-state index is -0.467. The molecule has 1 saturated heterocycles. The van der Waals surface area contributed by atoms with E-state index in [9.17, 15) is 4.79 Å². The van der Waals surface area contributed by atoms with Gasteiger partial charge in [-0.25, -0.2) is 14.8 Å². The zero-order chi connectivity index (χ0) is 25.0. The maximum atomic E-state index is 12.2. The summed E-state index contributed by atoms with van der Waals surface area (Å²) in [5.41, 5.74) is 3.24. The number of anilines is 1. The van der Waals surface area contributed by atoms with Crippen molar-refractivity contribution in [3.8, 4) is 11.3 Å². The average molecular weight is 507 g/mol. The molecule has 4 aromatic rings. The molecule has 0 radical (unpaired) electrons. The zero-order valence-electron chi connectivity index (χ0n) is 19.9. The van der Waals surface area contributed by atoms with E-state index in [1.165, 1.54) is 0 Å². The summed E-state index contributed by atoms with van der Waals surface area (Å²) in [5.74, 6) is 0.761. The number of halogens is 1. The smallest absolute Gasteiger partial charge is 0.407 e. The van der Waals surface area contributed by atoms with E-state index in [1.807, 2.05) is 54.6 Å². The van der Waals surface area contributed by atoms with Gasteiger partial charge in [0.1, 0.15) is 23.6 Å². The molecule has 2 N–H and O–H groups in total. The van der Waals surface area contributed by atoms with Crippen LogP contribution in [0.3, 0.4) is 0 Å². The Hall–Kier alpha value is -3.69. The molecule has 1 amide bonds. The molecule has 2 aromatic heterocycles. The van der Waals surface area contributed by atoms with Crippen molar-refractivity contribution in [2.45, 2.75) is 25.0 Å². The third kappa shape index (κ3) is 5.12. The van der Waals surface area contributed by atoms with Crippen LogP contribution >= 0.6 is 11.6 Å². The molecular weight excluding hydrogens is 480 g/mol. The number of aromatic amines is 1. The predicted octanol–water partition coefficient (Wildman–Crippen LogP) is 4.59. The third-order valence-electron chi connectivity index (χ3n) is 6.59. The summed E-state index contributed by atoms with van der Waals surface area (Å²) in [6.45, 7) is 2.02. The summed E-state index contributed by atoms with van der Waals surface area (Å²) >= 11 is 6.34. The van der Waals surface area contributed by atoms with Gasteiger partial charge in [0.25, 0.3) is 0 Å². The highest BCUT2D eigenvalue weighted by Gasteiger charge is 2.35. The SMILES string of the molecule is COC1(CNC(=O)OCc2ccccc2)CCN(c2cnc3c(-c4ccccc4Cl)n[nH]c3n2)CC1. The van der Waals surface area contributed by atoms with E-state index in [4.69, 9.17) is 26.1 Å². The largest absolute Gasteiger partial charge is 0.445 e. The number of aromatic nitrogens is 4. The van der Waals surface area contributed by atoms with Crippen LogP contribution in [0.2, 0.25) is 5.02 Å². The van der Waals surface area contributed by atoms with Crippen molar-refractivity contribution < 1.29 is 14.3 Å². The van der Waals surface area contributed by atoms with Gasteiger partial charge in [0.2, 0.25) is 0 Å². The maximum absolute atomic E-state index is 12.2. The maximum Gasteiger partial charge on any atom is 0.407 e. The molecular formula is C26H27ClN6O3. The van der Waals surface area contributed by atoms with Gasteiger partial charge in [-0.2, -0.15) is 5.10 Å². The number of hydrogen-bond acceptors (Lipinski definition) is 7. The minimum absolute atomic E-state index is 0.230. The lowest BCUT2D eigenvalue weighted by atomic mass is 9.91. The van der Waals surface area contributed by atoms with Gasteiger partial charge in [0, 0.05) is 25.8 Å². The topological polar surface area (TPSA) is 105 Å². The molecule has 1 aliphatic heterocycles. The first-order chi connectivity index (χ1) is 17.6. The van der Waals surface area contributed by atoms with Crippen LogP contribution in [-0.2, 0) is 16.1 Å². The molecule has 36 heavy (non-hydrogen) atoms. The molecule has 5 rings (SSSR count). The molecule has 0 aliphatic carbocycles. The van der Waals surface area contributed by atoms with E-state index in [1.54, 1.807) is 13.3 Å². The van der Waals surface area contributed by atoms with E-state index in [-0.39, 0.29) is 6.61 Å². The van der Waals surface area contributed by atoms with Crippen LogP contribution in [0.1, 0.15) is 18.4 Å². The first kappa shape index (κ1) is 24.0. The van der Waals surface area contributed by atoms with Crippen molar-refractivity contribution in [1.82, 2.24) is 25.5 Å². The van der Waals surface area contributed by atoms with Gasteiger partial charge in [-0.3, -0.25) is 5.10 Å². The van der Waals surface area contributed by atoms with Crippen molar-refractivity contribution in [1.29, 1.82) is 0 Å². The Morgan fingerprint density at radius 2 is 1.89 bits per heavy atom. The number of carbonyl (C=O) groups is 1. The summed E-state index contributed by atoms with van der Waals surface area (Å²) in [5, 5.41) is 10.9. The van der Waals surface area contributed by atoms with E-state index in [0.717, 1.165) is 29.8 Å². The second kappa shape index (κ2) is 10.5. The van der Waals surface area contributed by atoms with Crippen molar-refractivity contribution >= 4 is 34.7 Å². The van der Waals surface area contributed by atoms with Crippen LogP contribution in [0.15, 0.2) is 60.8 Å². The summed E-state index contributed by atoms with van der Waals surface area (Å²) in [6, 6.07) is 17.1. The van der Waals surface area contributed by atoms with Crippen molar-refractivity contribution in [2.24, 2.45) is 0 Å². The average Bonchev–Trinajstić information content (AvgIpc) is 3.35. The number of alkyl carbamates (subject to hydrolysis) is 1. The number of H-pyrrole nitrogens is 1. The number of rotatable bonds is 7. The fourth-order valence-corrected chi connectivity index (χ4v) is 4.62. The molecule has 186 valence electrons. The van der Waals surface area contributed by atoms with Gasteiger partial charge in [-0.1, -0.05) is 60.1 Å². The van der Waals surface area contributed by atoms with Crippen molar-refractivity contribution in [3.63, 3.8) is 0 Å². The van der Waals surface area contributed by atoms with E-state index >= 15 is 0 Å². The number of methoxy groups -OCH3 is 1. The number of nitrogens with zero attached hydrogens (tertiary/aromatic N) is 4. The van der Waals surface area contributed by atoms with Crippen LogP contribution in [0, 0.1) is 0 Å². The molecule has 0 bridgehead atoms. The summed E-state index contributed by atoms with van der Waals surface area (Å²) < 4.78 is 11.2. The van der Waals surface area contributed by atoms with Crippen LogP contribution in [0.5, 0.6) is 0 Å². The highest BCUT2D eigenvalue weighted by Crippen LogP contribution is 2.32. The first-order valence-electron chi connectivity index (χ1n) is 11.8. The normalized spacial score (nSPS) is 15.1. The second-order valence-electron chi connectivity index (χ2n) is 8.77. The molecule has 3 heterocycles. The minimum Gasteiger partial charge on any atom is -0.445 e. The van der Waals surface area contributed by atoms with Gasteiger partial charge >= 0.3 is 6.09 Å². The Bertz CT molecular complexity index is 1340. The van der Waals surface area contributed by atoms with Gasteiger partial charge in [0.15, 0.2) is 5.65 Å². The molecule has 2 aromatic carbocycles. The van der Waals surface area contributed by atoms with Crippen molar-refractivity contribution in [3.05, 3.63) is 71.4 Å². The summed E-state index contributed by atoms with van der Waals surface area (Å²) in [7, 11) is 1.68. The lowest BCUT2D eigenvalue weighted by Crippen LogP contribution is -2.52. The standard InChI is InChI=1S/C26H27ClN6O3/c1-35-26(17-29-25(34)36-16-18-7-3-2-4-8-18)11-13-33(14-12-26)21-15-28-23-22(31-32-24(23)30-21)19-9-5-6-10-20(19)27/h2-10,15H,11-14,16-17H2,1H3,(H,29,34)(H,30,31,32). The monoisotopic (exact) mass is 506 g/mol. The van der Waals surface area contributed by atoms with Crippen LogP contribution in [0.4, 0.5) is 10.6 Å². The molecule has 1 aliphatic rings. The quantitative estimate of drug-likeness (QED) is 0.378. The lowest BCUT2D eigenvalue weighted by Gasteiger charge is -2.41. The Morgan fingerprint density at radius 1 is 1.14 bits per heavy atom. The van der Waals surface area contributed by atoms with E-state index in [0.29, 0.717) is 41.5 Å². The number of carbonyl (C=O) groups excluding carboxylic acids is 1. The Labute approximate surface area is 213 Å². The number of hydrogen-bond donors (Lipinski definition) is 2. The van der Waals surface area contributed by atoms with Crippen LogP contribution < -0.4 is 10.2 Å². The molecule has 1 fully saturated rings. The highest BCUT2D eigenvalue weighted by molar-refractivity contribution is 6.33. The van der Waals surface area contributed by atoms with Gasteiger partial charge in [-0.15, -0.1) is 0 Å². The van der Waals surface area contributed by atoms with E-state index < -0.39 is 11.7 Å². The number of amides is 1. The van der Waals surface area contributed by atoms with Gasteiger partial charge in [-0.05, 0) is 24.5 Å². The molecule has 0 unspecified atom stereocenters. The Morgan fingerprint density at radius 3 is 2.64 bits per heavy atom. The molecule has 10 heteroatoms. The van der Waals surface area contributed by atoms with Crippen molar-refractivity contribution in [2.75, 3.05) is 31.6 Å². The zero-order valence-corrected chi connectivity index (χ0v) is 20.7. The summed E-state index contributed by atoms with van der Waals surface area (Å²) in [4.78, 5) is 23.8. The molecule has 0 spiro atoms. The Balaban J connectivity index is 1.19. The number of ether oxygens (including phenoxy) is 2. The lowest BCUT2D eigenvalue weighted by molar-refractivity contribution is -0.0280. The van der Waals surface area contributed by atoms with Crippen LogP contribution in [-0.4, -0.2) is 58.6 Å².